The molecule has 1 aliphatic carbocycles. The van der Waals surface area contributed by atoms with Crippen LogP contribution < -0.4 is 5.32 Å². The summed E-state index contributed by atoms with van der Waals surface area (Å²) in [5.74, 6) is -5.23. The highest BCUT2D eigenvalue weighted by atomic mass is 127. The number of aryl methyl sites for hydroxylation is 1. The summed E-state index contributed by atoms with van der Waals surface area (Å²) in [6.07, 6.45) is 1.48. The average Bonchev–Trinajstić information content (AvgIpc) is 3.42. The zero-order chi connectivity index (χ0) is 19.0. The molecular weight excluding hydrogens is 460 g/mol. The summed E-state index contributed by atoms with van der Waals surface area (Å²) >= 11 is 2.13. The predicted molar refractivity (Wildman–Crippen MR) is 99.7 cm³/mol. The average molecular weight is 476 g/mol. The van der Waals surface area contributed by atoms with Crippen molar-refractivity contribution in [2.75, 3.05) is 12.4 Å². The van der Waals surface area contributed by atoms with Gasteiger partial charge in [0.25, 0.3) is 5.91 Å². The first-order chi connectivity index (χ1) is 12.3. The van der Waals surface area contributed by atoms with Gasteiger partial charge in [0.1, 0.15) is 0 Å². The van der Waals surface area contributed by atoms with Gasteiger partial charge in [-0.3, -0.25) is 9.63 Å². The fourth-order valence-electron chi connectivity index (χ4n) is 2.61. The molecule has 0 radical (unpaired) electrons. The molecule has 0 bridgehead atoms. The molecule has 4 nitrogen and oxygen atoms in total. The summed E-state index contributed by atoms with van der Waals surface area (Å²) in [7, 11) is 1.31. The Morgan fingerprint density at radius 1 is 1.23 bits per heavy atom. The first-order valence-corrected chi connectivity index (χ1v) is 8.99. The van der Waals surface area contributed by atoms with Crippen molar-refractivity contribution in [2.24, 2.45) is 0 Å². The number of carbonyl (C=O) groups is 1. The predicted octanol–water partition coefficient (Wildman–Crippen LogP) is 4.93. The lowest BCUT2D eigenvalue weighted by atomic mass is 10.1. The molecule has 0 aliphatic heterocycles. The Morgan fingerprint density at radius 2 is 1.92 bits per heavy atom. The van der Waals surface area contributed by atoms with E-state index in [1.54, 1.807) is 19.1 Å². The van der Waals surface area contributed by atoms with E-state index in [0.717, 1.165) is 27.0 Å². The molecule has 2 aromatic carbocycles. The fraction of sp³-hybridized carbons (Fsp3) is 0.278. The molecule has 0 aromatic heterocycles. The second kappa shape index (κ2) is 7.43. The van der Waals surface area contributed by atoms with E-state index in [1.807, 2.05) is 6.07 Å². The van der Waals surface area contributed by atoms with Crippen LogP contribution in [-0.2, 0) is 4.84 Å². The molecule has 3 rings (SSSR count). The third-order valence-electron chi connectivity index (χ3n) is 4.12. The number of halogens is 4. The first-order valence-electron chi connectivity index (χ1n) is 7.91. The fourth-order valence-corrected chi connectivity index (χ4v) is 3.26. The number of hydroxylamine groups is 2. The standard InChI is InChI=1S/C18H16F3IN2O2/c1-9-7-10(22)3-6-14(9)23-17-12(8-13(19)15(20)16(17)21)18(25)24(26-2)11-4-5-11/h3,6-8,11,23H,4-5H2,1-2H3. The number of carbonyl (C=O) groups excluding carboxylic acids is 1. The first kappa shape index (κ1) is 19.0. The quantitative estimate of drug-likeness (QED) is 0.378. The number of hydrogen-bond acceptors (Lipinski definition) is 3. The van der Waals surface area contributed by atoms with Crippen molar-refractivity contribution in [1.82, 2.24) is 5.06 Å². The molecule has 0 atom stereocenters. The summed E-state index contributed by atoms with van der Waals surface area (Å²) in [5, 5.41) is 3.80. The van der Waals surface area contributed by atoms with E-state index in [1.165, 1.54) is 7.11 Å². The van der Waals surface area contributed by atoms with E-state index < -0.39 is 29.0 Å². The third kappa shape index (κ3) is 3.66. The molecule has 2 aromatic rings. The Bertz CT molecular complexity index is 872. The van der Waals surface area contributed by atoms with Crippen molar-refractivity contribution in [3.63, 3.8) is 0 Å². The summed E-state index contributed by atoms with van der Waals surface area (Å²) in [5.41, 5.74) is 0.513. The summed E-state index contributed by atoms with van der Waals surface area (Å²) in [6.45, 7) is 1.79. The van der Waals surface area contributed by atoms with Gasteiger partial charge >= 0.3 is 0 Å². The van der Waals surface area contributed by atoms with Crippen LogP contribution in [0.3, 0.4) is 0 Å². The molecule has 8 heteroatoms. The van der Waals surface area contributed by atoms with Crippen LogP contribution in [0.1, 0.15) is 28.8 Å². The van der Waals surface area contributed by atoms with E-state index in [9.17, 15) is 18.0 Å². The number of nitrogens with zero attached hydrogens (tertiary/aromatic N) is 1. The molecule has 1 amide bonds. The van der Waals surface area contributed by atoms with Gasteiger partial charge in [-0.1, -0.05) is 0 Å². The second-order valence-electron chi connectivity index (χ2n) is 6.04. The lowest BCUT2D eigenvalue weighted by Crippen LogP contribution is -2.33. The van der Waals surface area contributed by atoms with Crippen molar-refractivity contribution < 1.29 is 22.8 Å². The van der Waals surface area contributed by atoms with Crippen LogP contribution in [0.5, 0.6) is 0 Å². The second-order valence-corrected chi connectivity index (χ2v) is 7.28. The Hall–Kier alpha value is -1.81. The molecule has 0 heterocycles. The topological polar surface area (TPSA) is 41.6 Å². The smallest absolute Gasteiger partial charge is 0.280 e. The third-order valence-corrected chi connectivity index (χ3v) is 4.79. The minimum atomic E-state index is -1.64. The van der Waals surface area contributed by atoms with Crippen LogP contribution in [-0.4, -0.2) is 24.1 Å². The van der Waals surface area contributed by atoms with Crippen molar-refractivity contribution in [3.05, 3.63) is 56.4 Å². The van der Waals surface area contributed by atoms with Crippen LogP contribution in [0.25, 0.3) is 0 Å². The van der Waals surface area contributed by atoms with Crippen molar-refractivity contribution in [2.45, 2.75) is 25.8 Å². The monoisotopic (exact) mass is 476 g/mol. The Kier molecular flexibility index (Phi) is 5.42. The van der Waals surface area contributed by atoms with E-state index in [0.29, 0.717) is 11.8 Å². The minimum Gasteiger partial charge on any atom is -0.352 e. The Labute approximate surface area is 162 Å². The number of rotatable bonds is 5. The number of amides is 1. The van der Waals surface area contributed by atoms with Crippen LogP contribution in [0.2, 0.25) is 0 Å². The highest BCUT2D eigenvalue weighted by molar-refractivity contribution is 14.1. The molecular formula is C18H16F3IN2O2. The van der Waals surface area contributed by atoms with Gasteiger partial charge in [0, 0.05) is 9.26 Å². The van der Waals surface area contributed by atoms with Gasteiger partial charge in [0.15, 0.2) is 17.5 Å². The lowest BCUT2D eigenvalue weighted by Gasteiger charge is -2.22. The molecule has 1 aliphatic rings. The van der Waals surface area contributed by atoms with Gasteiger partial charge in [-0.25, -0.2) is 18.2 Å². The van der Waals surface area contributed by atoms with Gasteiger partial charge in [0.2, 0.25) is 0 Å². The summed E-state index contributed by atoms with van der Waals surface area (Å²) in [6, 6.07) is 5.85. The summed E-state index contributed by atoms with van der Waals surface area (Å²) in [4.78, 5) is 17.8. The molecule has 0 spiro atoms. The highest BCUT2D eigenvalue weighted by Gasteiger charge is 2.36. The highest BCUT2D eigenvalue weighted by Crippen LogP contribution is 2.34. The van der Waals surface area contributed by atoms with Crippen LogP contribution in [0.4, 0.5) is 24.5 Å². The molecule has 1 N–H and O–H groups in total. The van der Waals surface area contributed by atoms with Crippen molar-refractivity contribution in [3.8, 4) is 0 Å². The normalized spacial score (nSPS) is 13.6. The number of hydrogen-bond donors (Lipinski definition) is 1. The zero-order valence-corrected chi connectivity index (χ0v) is 16.2. The lowest BCUT2D eigenvalue weighted by molar-refractivity contribution is -0.101. The van der Waals surface area contributed by atoms with E-state index in [2.05, 4.69) is 27.9 Å². The van der Waals surface area contributed by atoms with E-state index in [4.69, 9.17) is 4.84 Å². The van der Waals surface area contributed by atoms with Gasteiger partial charge in [-0.15, -0.1) is 0 Å². The largest absolute Gasteiger partial charge is 0.352 e. The SMILES string of the molecule is CON(C(=O)c1cc(F)c(F)c(F)c1Nc1ccc(I)cc1C)C1CC1. The molecule has 1 fully saturated rings. The molecule has 26 heavy (non-hydrogen) atoms. The van der Waals surface area contributed by atoms with Crippen molar-refractivity contribution in [1.29, 1.82) is 0 Å². The number of benzene rings is 2. The maximum absolute atomic E-state index is 14.5. The van der Waals surface area contributed by atoms with Crippen LogP contribution >= 0.6 is 22.6 Å². The van der Waals surface area contributed by atoms with Gasteiger partial charge in [0.05, 0.1) is 24.4 Å². The van der Waals surface area contributed by atoms with Gasteiger partial charge < -0.3 is 5.32 Å². The van der Waals surface area contributed by atoms with Crippen LogP contribution in [0, 0.1) is 27.9 Å². The Balaban J connectivity index is 2.07. The molecule has 1 saturated carbocycles. The van der Waals surface area contributed by atoms with Gasteiger partial charge in [-0.2, -0.15) is 0 Å². The maximum atomic E-state index is 14.5. The van der Waals surface area contributed by atoms with Crippen molar-refractivity contribution >= 4 is 39.9 Å². The molecule has 0 unspecified atom stereocenters. The maximum Gasteiger partial charge on any atom is 0.280 e. The number of anilines is 2. The Morgan fingerprint density at radius 3 is 2.50 bits per heavy atom. The van der Waals surface area contributed by atoms with Crippen LogP contribution in [0.15, 0.2) is 24.3 Å². The summed E-state index contributed by atoms with van der Waals surface area (Å²) < 4.78 is 43.0. The zero-order valence-electron chi connectivity index (χ0n) is 14.1. The van der Waals surface area contributed by atoms with E-state index in [-0.39, 0.29) is 11.6 Å². The molecule has 138 valence electrons. The van der Waals surface area contributed by atoms with E-state index >= 15 is 0 Å². The van der Waals surface area contributed by atoms with Gasteiger partial charge in [-0.05, 0) is 72.2 Å². The number of nitrogens with one attached hydrogen (secondary N) is 1. The molecule has 0 saturated heterocycles. The minimum absolute atomic E-state index is 0.142.